The minimum absolute atomic E-state index is 0.0795. The lowest BCUT2D eigenvalue weighted by Crippen LogP contribution is -2.30. The Morgan fingerprint density at radius 1 is 0.963 bits per heavy atom. The van der Waals surface area contributed by atoms with E-state index in [1.54, 1.807) is 48.7 Å². The molecule has 6 heteroatoms. The second-order valence-electron chi connectivity index (χ2n) is 5.76. The standard InChI is InChI=1S/C21H19FN2O3/c22-17-6-4-16(5-7-17)12-14-23-20(25)15-26-18-8-10-19(11-9-18)27-21-3-1-2-13-24-21/h1-11,13H,12,14-15H2,(H,23,25). The zero-order valence-electron chi connectivity index (χ0n) is 14.6. The van der Waals surface area contributed by atoms with Crippen molar-refractivity contribution in [2.75, 3.05) is 13.2 Å². The molecule has 138 valence electrons. The van der Waals surface area contributed by atoms with Gasteiger partial charge in [0, 0.05) is 18.8 Å². The van der Waals surface area contributed by atoms with E-state index in [1.165, 1.54) is 12.1 Å². The summed E-state index contributed by atoms with van der Waals surface area (Å²) < 4.78 is 23.9. The van der Waals surface area contributed by atoms with E-state index in [0.29, 0.717) is 30.3 Å². The highest BCUT2D eigenvalue weighted by molar-refractivity contribution is 5.77. The molecule has 0 aliphatic heterocycles. The van der Waals surface area contributed by atoms with Crippen molar-refractivity contribution in [3.05, 3.63) is 84.3 Å². The Balaban J connectivity index is 1.39. The van der Waals surface area contributed by atoms with E-state index in [0.717, 1.165) is 5.56 Å². The molecule has 0 unspecified atom stereocenters. The fourth-order valence-electron chi connectivity index (χ4n) is 2.33. The van der Waals surface area contributed by atoms with Gasteiger partial charge in [-0.05, 0) is 54.4 Å². The third-order valence-electron chi connectivity index (χ3n) is 3.70. The number of pyridine rings is 1. The summed E-state index contributed by atoms with van der Waals surface area (Å²) in [4.78, 5) is 15.9. The van der Waals surface area contributed by atoms with Crippen LogP contribution in [-0.4, -0.2) is 24.0 Å². The molecule has 0 saturated carbocycles. The first-order chi connectivity index (χ1) is 13.2. The summed E-state index contributed by atoms with van der Waals surface area (Å²) in [6, 6.07) is 18.6. The van der Waals surface area contributed by atoms with E-state index in [-0.39, 0.29) is 18.3 Å². The van der Waals surface area contributed by atoms with Crippen LogP contribution in [-0.2, 0) is 11.2 Å². The number of benzene rings is 2. The van der Waals surface area contributed by atoms with Gasteiger partial charge < -0.3 is 14.8 Å². The van der Waals surface area contributed by atoms with Gasteiger partial charge in [-0.15, -0.1) is 0 Å². The van der Waals surface area contributed by atoms with Gasteiger partial charge in [-0.3, -0.25) is 4.79 Å². The van der Waals surface area contributed by atoms with Gasteiger partial charge >= 0.3 is 0 Å². The molecule has 1 amide bonds. The summed E-state index contributed by atoms with van der Waals surface area (Å²) in [5.41, 5.74) is 0.959. The highest BCUT2D eigenvalue weighted by atomic mass is 19.1. The van der Waals surface area contributed by atoms with Crippen LogP contribution in [0.1, 0.15) is 5.56 Å². The Bertz CT molecular complexity index is 853. The number of aromatic nitrogens is 1. The molecule has 5 nitrogen and oxygen atoms in total. The second kappa shape index (κ2) is 9.33. The van der Waals surface area contributed by atoms with Gasteiger partial charge in [-0.2, -0.15) is 0 Å². The number of hydrogen-bond donors (Lipinski definition) is 1. The summed E-state index contributed by atoms with van der Waals surface area (Å²) in [6.07, 6.45) is 2.28. The van der Waals surface area contributed by atoms with Crippen LogP contribution < -0.4 is 14.8 Å². The van der Waals surface area contributed by atoms with Crippen molar-refractivity contribution >= 4 is 5.91 Å². The maximum absolute atomic E-state index is 12.8. The summed E-state index contributed by atoms with van der Waals surface area (Å²) in [7, 11) is 0. The molecule has 1 aromatic heterocycles. The Labute approximate surface area is 156 Å². The first-order valence-corrected chi connectivity index (χ1v) is 8.52. The smallest absolute Gasteiger partial charge is 0.257 e. The van der Waals surface area contributed by atoms with Crippen molar-refractivity contribution in [2.24, 2.45) is 0 Å². The van der Waals surface area contributed by atoms with Gasteiger partial charge in [0.15, 0.2) is 6.61 Å². The lowest BCUT2D eigenvalue weighted by molar-refractivity contribution is -0.123. The monoisotopic (exact) mass is 366 g/mol. The van der Waals surface area contributed by atoms with Crippen molar-refractivity contribution in [3.63, 3.8) is 0 Å². The number of amides is 1. The average Bonchev–Trinajstić information content (AvgIpc) is 2.70. The normalized spacial score (nSPS) is 10.3. The van der Waals surface area contributed by atoms with E-state index in [9.17, 15) is 9.18 Å². The predicted molar refractivity (Wildman–Crippen MR) is 99.4 cm³/mol. The molecule has 2 aromatic carbocycles. The lowest BCUT2D eigenvalue weighted by Gasteiger charge is -2.09. The van der Waals surface area contributed by atoms with Crippen molar-refractivity contribution < 1.29 is 18.7 Å². The zero-order chi connectivity index (χ0) is 18.9. The van der Waals surface area contributed by atoms with Gasteiger partial charge in [0.25, 0.3) is 5.91 Å². The largest absolute Gasteiger partial charge is 0.484 e. The first-order valence-electron chi connectivity index (χ1n) is 8.52. The highest BCUT2D eigenvalue weighted by Crippen LogP contribution is 2.22. The van der Waals surface area contributed by atoms with Crippen molar-refractivity contribution in [1.82, 2.24) is 10.3 Å². The maximum Gasteiger partial charge on any atom is 0.257 e. The summed E-state index contributed by atoms with van der Waals surface area (Å²) in [5, 5.41) is 2.77. The van der Waals surface area contributed by atoms with Crippen molar-refractivity contribution in [2.45, 2.75) is 6.42 Å². The van der Waals surface area contributed by atoms with E-state index in [4.69, 9.17) is 9.47 Å². The minimum Gasteiger partial charge on any atom is -0.484 e. The Hall–Kier alpha value is -3.41. The molecular weight excluding hydrogens is 347 g/mol. The molecule has 1 N–H and O–H groups in total. The van der Waals surface area contributed by atoms with Gasteiger partial charge in [0.2, 0.25) is 5.88 Å². The minimum atomic E-state index is -0.271. The lowest BCUT2D eigenvalue weighted by atomic mass is 10.1. The molecule has 0 spiro atoms. The average molecular weight is 366 g/mol. The molecule has 0 radical (unpaired) electrons. The molecule has 27 heavy (non-hydrogen) atoms. The van der Waals surface area contributed by atoms with Crippen LogP contribution in [0.2, 0.25) is 0 Å². The third kappa shape index (κ3) is 6.11. The summed E-state index contributed by atoms with van der Waals surface area (Å²) in [6.45, 7) is 0.383. The molecule has 3 rings (SSSR count). The van der Waals surface area contributed by atoms with Gasteiger partial charge in [0.1, 0.15) is 17.3 Å². The van der Waals surface area contributed by atoms with Gasteiger partial charge in [-0.25, -0.2) is 9.37 Å². The van der Waals surface area contributed by atoms with Crippen LogP contribution in [0, 0.1) is 5.82 Å². The molecule has 0 fully saturated rings. The molecule has 0 saturated heterocycles. The number of rotatable bonds is 8. The number of carbonyl (C=O) groups is 1. The van der Waals surface area contributed by atoms with Crippen molar-refractivity contribution in [1.29, 1.82) is 0 Å². The second-order valence-corrected chi connectivity index (χ2v) is 5.76. The number of carbonyl (C=O) groups excluding carboxylic acids is 1. The fraction of sp³-hybridized carbons (Fsp3) is 0.143. The number of hydrogen-bond acceptors (Lipinski definition) is 4. The molecule has 0 aliphatic carbocycles. The van der Waals surface area contributed by atoms with E-state index in [1.807, 2.05) is 12.1 Å². The Morgan fingerprint density at radius 2 is 1.70 bits per heavy atom. The van der Waals surface area contributed by atoms with E-state index < -0.39 is 0 Å². The maximum atomic E-state index is 12.8. The molecule has 1 heterocycles. The quantitative estimate of drug-likeness (QED) is 0.660. The number of nitrogens with one attached hydrogen (secondary N) is 1. The summed E-state index contributed by atoms with van der Waals surface area (Å²) in [5.74, 6) is 1.21. The number of halogens is 1. The Morgan fingerprint density at radius 3 is 2.41 bits per heavy atom. The first kappa shape index (κ1) is 18.4. The van der Waals surface area contributed by atoms with Gasteiger partial charge in [0.05, 0.1) is 0 Å². The SMILES string of the molecule is O=C(COc1ccc(Oc2ccccn2)cc1)NCCc1ccc(F)cc1. The fourth-order valence-corrected chi connectivity index (χ4v) is 2.33. The predicted octanol–water partition coefficient (Wildman–Crippen LogP) is 3.75. The molecular formula is C21H19FN2O3. The van der Waals surface area contributed by atoms with Crippen LogP contribution in [0.4, 0.5) is 4.39 Å². The molecule has 3 aromatic rings. The highest BCUT2D eigenvalue weighted by Gasteiger charge is 2.04. The number of ether oxygens (including phenoxy) is 2. The van der Waals surface area contributed by atoms with Crippen LogP contribution in [0.3, 0.4) is 0 Å². The van der Waals surface area contributed by atoms with Crippen LogP contribution in [0.5, 0.6) is 17.4 Å². The van der Waals surface area contributed by atoms with Gasteiger partial charge in [-0.1, -0.05) is 18.2 Å². The molecule has 0 bridgehead atoms. The topological polar surface area (TPSA) is 60.5 Å². The Kier molecular flexibility index (Phi) is 6.35. The van der Waals surface area contributed by atoms with Crippen LogP contribution in [0.25, 0.3) is 0 Å². The summed E-state index contributed by atoms with van der Waals surface area (Å²) >= 11 is 0. The number of nitrogens with zero attached hydrogens (tertiary/aromatic N) is 1. The van der Waals surface area contributed by atoms with Crippen molar-refractivity contribution in [3.8, 4) is 17.4 Å². The van der Waals surface area contributed by atoms with Crippen LogP contribution in [0.15, 0.2) is 72.9 Å². The molecule has 0 aliphatic rings. The third-order valence-corrected chi connectivity index (χ3v) is 3.70. The molecule has 0 atom stereocenters. The van der Waals surface area contributed by atoms with E-state index >= 15 is 0 Å². The van der Waals surface area contributed by atoms with Crippen LogP contribution >= 0.6 is 0 Å². The zero-order valence-corrected chi connectivity index (χ0v) is 14.6. The van der Waals surface area contributed by atoms with E-state index in [2.05, 4.69) is 10.3 Å².